The number of Topliss-reactive ketones (excluding diaryl/α,β-unsaturated/α-hetero) is 1. The van der Waals surface area contributed by atoms with Crippen molar-refractivity contribution in [1.29, 1.82) is 0 Å². The Hall–Kier alpha value is -1.41. The Bertz CT molecular complexity index is 383. The molecule has 2 rings (SSSR count). The normalized spacial score (nSPS) is 28.9. The topological polar surface area (TPSA) is 26.3 Å². The third kappa shape index (κ3) is 1.93. The molecule has 0 N–H and O–H groups in total. The summed E-state index contributed by atoms with van der Waals surface area (Å²) < 4.78 is 5.52. The summed E-state index contributed by atoms with van der Waals surface area (Å²) in [4.78, 5) is 12.3. The number of ether oxygens (including phenoxy) is 1. The predicted octanol–water partition coefficient (Wildman–Crippen LogP) is 2.71. The van der Waals surface area contributed by atoms with Gasteiger partial charge in [0, 0.05) is 11.5 Å². The lowest BCUT2D eigenvalue weighted by Gasteiger charge is -2.16. The third-order valence-electron chi connectivity index (χ3n) is 3.18. The Labute approximate surface area is 95.9 Å². The SMILES string of the molecule is C=C[C@H]1CO[C@H](C)[C@H]1C(=O)c1ccccc1. The van der Waals surface area contributed by atoms with Crippen LogP contribution in [0, 0.1) is 11.8 Å². The smallest absolute Gasteiger partial charge is 0.169 e. The third-order valence-corrected chi connectivity index (χ3v) is 3.18. The van der Waals surface area contributed by atoms with Crippen molar-refractivity contribution in [2.45, 2.75) is 13.0 Å². The first kappa shape index (κ1) is 11.1. The van der Waals surface area contributed by atoms with Gasteiger partial charge in [-0.2, -0.15) is 0 Å². The van der Waals surface area contributed by atoms with Crippen LogP contribution in [0.15, 0.2) is 43.0 Å². The molecular weight excluding hydrogens is 200 g/mol. The van der Waals surface area contributed by atoms with Gasteiger partial charge in [0.05, 0.1) is 18.6 Å². The van der Waals surface area contributed by atoms with E-state index in [0.717, 1.165) is 5.56 Å². The zero-order valence-electron chi connectivity index (χ0n) is 9.43. The van der Waals surface area contributed by atoms with Crippen molar-refractivity contribution in [3.8, 4) is 0 Å². The molecule has 3 atom stereocenters. The fourth-order valence-corrected chi connectivity index (χ4v) is 2.24. The van der Waals surface area contributed by atoms with Crippen molar-refractivity contribution < 1.29 is 9.53 Å². The van der Waals surface area contributed by atoms with E-state index >= 15 is 0 Å². The maximum absolute atomic E-state index is 12.3. The van der Waals surface area contributed by atoms with Gasteiger partial charge in [0.25, 0.3) is 0 Å². The average Bonchev–Trinajstić information content (AvgIpc) is 2.70. The van der Waals surface area contributed by atoms with E-state index in [0.29, 0.717) is 6.61 Å². The fourth-order valence-electron chi connectivity index (χ4n) is 2.24. The Morgan fingerprint density at radius 3 is 2.75 bits per heavy atom. The van der Waals surface area contributed by atoms with Crippen LogP contribution in [0.5, 0.6) is 0 Å². The van der Waals surface area contributed by atoms with Gasteiger partial charge >= 0.3 is 0 Å². The van der Waals surface area contributed by atoms with Crippen molar-refractivity contribution >= 4 is 5.78 Å². The van der Waals surface area contributed by atoms with E-state index in [4.69, 9.17) is 4.74 Å². The number of carbonyl (C=O) groups excluding carboxylic acids is 1. The summed E-state index contributed by atoms with van der Waals surface area (Å²) in [7, 11) is 0. The number of hydrogen-bond acceptors (Lipinski definition) is 2. The van der Waals surface area contributed by atoms with Gasteiger partial charge in [-0.25, -0.2) is 0 Å². The Morgan fingerprint density at radius 1 is 1.44 bits per heavy atom. The maximum Gasteiger partial charge on any atom is 0.169 e. The molecule has 1 aromatic rings. The molecule has 1 fully saturated rings. The second kappa shape index (κ2) is 4.62. The quantitative estimate of drug-likeness (QED) is 0.573. The lowest BCUT2D eigenvalue weighted by Crippen LogP contribution is -2.26. The Kier molecular flexibility index (Phi) is 3.20. The van der Waals surface area contributed by atoms with E-state index in [1.54, 1.807) is 0 Å². The summed E-state index contributed by atoms with van der Waals surface area (Å²) in [5.41, 5.74) is 0.761. The first-order valence-electron chi connectivity index (χ1n) is 5.57. The van der Waals surface area contributed by atoms with Gasteiger partial charge in [-0.3, -0.25) is 4.79 Å². The molecule has 0 saturated carbocycles. The zero-order chi connectivity index (χ0) is 11.5. The second-order valence-electron chi connectivity index (χ2n) is 4.19. The number of hydrogen-bond donors (Lipinski definition) is 0. The largest absolute Gasteiger partial charge is 0.377 e. The van der Waals surface area contributed by atoms with E-state index in [9.17, 15) is 4.79 Å². The van der Waals surface area contributed by atoms with Crippen LogP contribution in [0.3, 0.4) is 0 Å². The first-order chi connectivity index (χ1) is 7.74. The maximum atomic E-state index is 12.3. The monoisotopic (exact) mass is 216 g/mol. The van der Waals surface area contributed by atoms with Crippen molar-refractivity contribution in [3.63, 3.8) is 0 Å². The highest BCUT2D eigenvalue weighted by atomic mass is 16.5. The summed E-state index contributed by atoms with van der Waals surface area (Å²) in [6.07, 6.45) is 1.81. The Morgan fingerprint density at radius 2 is 2.12 bits per heavy atom. The highest BCUT2D eigenvalue weighted by Gasteiger charge is 2.38. The van der Waals surface area contributed by atoms with E-state index in [-0.39, 0.29) is 23.7 Å². The summed E-state index contributed by atoms with van der Waals surface area (Å²) >= 11 is 0. The molecule has 84 valence electrons. The molecule has 0 spiro atoms. The molecule has 1 heterocycles. The number of ketones is 1. The molecule has 0 bridgehead atoms. The van der Waals surface area contributed by atoms with Crippen molar-refractivity contribution in [1.82, 2.24) is 0 Å². The van der Waals surface area contributed by atoms with Gasteiger partial charge in [-0.15, -0.1) is 6.58 Å². The molecule has 16 heavy (non-hydrogen) atoms. The standard InChI is InChI=1S/C14H16O2/c1-3-11-9-16-10(2)13(11)14(15)12-7-5-4-6-8-12/h3-8,10-11,13H,1,9H2,2H3/t10-,11+,13-/m1/s1. The van der Waals surface area contributed by atoms with E-state index in [2.05, 4.69) is 6.58 Å². The molecule has 2 nitrogen and oxygen atoms in total. The molecule has 0 amide bonds. The van der Waals surface area contributed by atoms with E-state index in [1.807, 2.05) is 43.3 Å². The molecule has 1 aromatic carbocycles. The average molecular weight is 216 g/mol. The number of rotatable bonds is 3. The van der Waals surface area contributed by atoms with Gasteiger partial charge in [-0.05, 0) is 6.92 Å². The number of benzene rings is 1. The molecule has 1 aliphatic rings. The van der Waals surface area contributed by atoms with Crippen molar-refractivity contribution in [3.05, 3.63) is 48.6 Å². The van der Waals surface area contributed by atoms with Crippen LogP contribution in [0.25, 0.3) is 0 Å². The fraction of sp³-hybridized carbons (Fsp3) is 0.357. The van der Waals surface area contributed by atoms with Crippen LogP contribution in [0.2, 0.25) is 0 Å². The van der Waals surface area contributed by atoms with Gasteiger partial charge in [0.15, 0.2) is 5.78 Å². The van der Waals surface area contributed by atoms with Crippen LogP contribution in [-0.4, -0.2) is 18.5 Å². The Balaban J connectivity index is 2.24. The van der Waals surface area contributed by atoms with Crippen LogP contribution < -0.4 is 0 Å². The highest BCUT2D eigenvalue weighted by Crippen LogP contribution is 2.30. The zero-order valence-corrected chi connectivity index (χ0v) is 9.43. The molecule has 1 aliphatic heterocycles. The minimum absolute atomic E-state index is 0.0179. The van der Waals surface area contributed by atoms with Crippen LogP contribution >= 0.6 is 0 Å². The van der Waals surface area contributed by atoms with Crippen molar-refractivity contribution in [2.75, 3.05) is 6.61 Å². The molecule has 0 aliphatic carbocycles. The van der Waals surface area contributed by atoms with Crippen LogP contribution in [0.1, 0.15) is 17.3 Å². The summed E-state index contributed by atoms with van der Waals surface area (Å²) in [6, 6.07) is 9.39. The minimum atomic E-state index is -0.0834. The molecule has 0 radical (unpaired) electrons. The second-order valence-corrected chi connectivity index (χ2v) is 4.19. The highest BCUT2D eigenvalue weighted by molar-refractivity contribution is 5.98. The van der Waals surface area contributed by atoms with E-state index < -0.39 is 0 Å². The molecule has 0 unspecified atom stereocenters. The van der Waals surface area contributed by atoms with Crippen LogP contribution in [-0.2, 0) is 4.74 Å². The van der Waals surface area contributed by atoms with Gasteiger partial charge < -0.3 is 4.74 Å². The first-order valence-corrected chi connectivity index (χ1v) is 5.57. The van der Waals surface area contributed by atoms with Gasteiger partial charge in [0.2, 0.25) is 0 Å². The molecule has 1 saturated heterocycles. The molecule has 0 aromatic heterocycles. The van der Waals surface area contributed by atoms with Crippen LogP contribution in [0.4, 0.5) is 0 Å². The summed E-state index contributed by atoms with van der Waals surface area (Å²) in [6.45, 7) is 6.33. The van der Waals surface area contributed by atoms with Gasteiger partial charge in [-0.1, -0.05) is 36.4 Å². The van der Waals surface area contributed by atoms with Gasteiger partial charge in [0.1, 0.15) is 0 Å². The molecule has 2 heteroatoms. The number of carbonyl (C=O) groups is 1. The predicted molar refractivity (Wildman–Crippen MR) is 63.4 cm³/mol. The lowest BCUT2D eigenvalue weighted by molar-refractivity contribution is 0.0762. The van der Waals surface area contributed by atoms with E-state index in [1.165, 1.54) is 0 Å². The minimum Gasteiger partial charge on any atom is -0.377 e. The summed E-state index contributed by atoms with van der Waals surface area (Å²) in [5, 5.41) is 0. The lowest BCUT2D eigenvalue weighted by atomic mass is 9.85. The van der Waals surface area contributed by atoms with Crippen molar-refractivity contribution in [2.24, 2.45) is 11.8 Å². The summed E-state index contributed by atoms with van der Waals surface area (Å²) in [5.74, 6) is 0.220. The molecular formula is C14H16O2.